The van der Waals surface area contributed by atoms with Gasteiger partial charge < -0.3 is 5.32 Å². The summed E-state index contributed by atoms with van der Waals surface area (Å²) in [6.07, 6.45) is 7.56. The van der Waals surface area contributed by atoms with Crippen molar-refractivity contribution in [2.24, 2.45) is 0 Å². The fourth-order valence-electron chi connectivity index (χ4n) is 2.54. The summed E-state index contributed by atoms with van der Waals surface area (Å²) < 4.78 is 0. The van der Waals surface area contributed by atoms with Crippen LogP contribution >= 0.6 is 0 Å². The molecular weight excluding hydrogens is 240 g/mol. The molecule has 5 nitrogen and oxygen atoms in total. The smallest absolute Gasteiger partial charge is 0.237 e. The third-order valence-corrected chi connectivity index (χ3v) is 3.82. The first-order valence-corrected chi connectivity index (χ1v) is 7.27. The number of aromatic amines is 1. The molecule has 0 aromatic carbocycles. The molecule has 0 saturated carbocycles. The van der Waals surface area contributed by atoms with Crippen molar-refractivity contribution in [2.75, 3.05) is 19.6 Å². The maximum atomic E-state index is 12.1. The van der Waals surface area contributed by atoms with Crippen molar-refractivity contribution >= 4 is 5.91 Å². The molecule has 1 aliphatic rings. The summed E-state index contributed by atoms with van der Waals surface area (Å²) in [6, 6.07) is 1.92. The number of nitrogens with one attached hydrogen (secondary N) is 2. The summed E-state index contributed by atoms with van der Waals surface area (Å²) in [5.74, 6) is 0.140. The van der Waals surface area contributed by atoms with E-state index in [-0.39, 0.29) is 11.9 Å². The van der Waals surface area contributed by atoms with Crippen molar-refractivity contribution in [2.45, 2.75) is 45.1 Å². The number of carbonyl (C=O) groups is 1. The molecule has 19 heavy (non-hydrogen) atoms. The van der Waals surface area contributed by atoms with E-state index in [4.69, 9.17) is 0 Å². The zero-order valence-corrected chi connectivity index (χ0v) is 11.7. The van der Waals surface area contributed by atoms with E-state index in [0.29, 0.717) is 6.54 Å². The van der Waals surface area contributed by atoms with Crippen LogP contribution in [0.1, 0.15) is 38.3 Å². The van der Waals surface area contributed by atoms with Crippen LogP contribution in [0, 0.1) is 0 Å². The minimum atomic E-state index is -0.0140. The quantitative estimate of drug-likeness (QED) is 0.843. The molecule has 0 radical (unpaired) electrons. The minimum Gasteiger partial charge on any atom is -0.354 e. The fourth-order valence-corrected chi connectivity index (χ4v) is 2.54. The highest BCUT2D eigenvalue weighted by atomic mass is 16.2. The van der Waals surface area contributed by atoms with E-state index in [1.54, 1.807) is 6.20 Å². The summed E-state index contributed by atoms with van der Waals surface area (Å²) in [4.78, 5) is 14.4. The molecule has 1 fully saturated rings. The Morgan fingerprint density at radius 3 is 2.79 bits per heavy atom. The Kier molecular flexibility index (Phi) is 5.39. The van der Waals surface area contributed by atoms with Crippen molar-refractivity contribution in [3.8, 4) is 0 Å². The van der Waals surface area contributed by atoms with Crippen molar-refractivity contribution in [1.82, 2.24) is 20.4 Å². The summed E-state index contributed by atoms with van der Waals surface area (Å²) in [5, 5.41) is 9.80. The van der Waals surface area contributed by atoms with Gasteiger partial charge in [-0.1, -0.05) is 12.8 Å². The normalized spacial score (nSPS) is 18.8. The van der Waals surface area contributed by atoms with Gasteiger partial charge in [0.15, 0.2) is 0 Å². The lowest BCUT2D eigenvalue weighted by Gasteiger charge is -2.26. The molecule has 1 aromatic rings. The summed E-state index contributed by atoms with van der Waals surface area (Å²) >= 11 is 0. The second kappa shape index (κ2) is 7.28. The van der Waals surface area contributed by atoms with E-state index in [0.717, 1.165) is 25.2 Å². The van der Waals surface area contributed by atoms with Crippen molar-refractivity contribution in [1.29, 1.82) is 0 Å². The lowest BCUT2D eigenvalue weighted by molar-refractivity contribution is -0.125. The van der Waals surface area contributed by atoms with Gasteiger partial charge in [0.25, 0.3) is 0 Å². The molecule has 2 rings (SSSR count). The third-order valence-electron chi connectivity index (χ3n) is 3.82. The molecule has 0 aliphatic carbocycles. The van der Waals surface area contributed by atoms with Gasteiger partial charge in [0, 0.05) is 24.9 Å². The largest absolute Gasteiger partial charge is 0.354 e. The van der Waals surface area contributed by atoms with Gasteiger partial charge in [-0.3, -0.25) is 14.8 Å². The molecule has 1 atom stereocenters. The molecule has 106 valence electrons. The van der Waals surface area contributed by atoms with Crippen LogP contribution in [0.3, 0.4) is 0 Å². The average Bonchev–Trinajstić information content (AvgIpc) is 2.78. The molecule has 2 heterocycles. The topological polar surface area (TPSA) is 61.0 Å². The number of aromatic nitrogens is 2. The Bertz CT molecular complexity index is 369. The predicted molar refractivity (Wildman–Crippen MR) is 74.8 cm³/mol. The molecular formula is C14H24N4O. The lowest BCUT2D eigenvalue weighted by Crippen LogP contribution is -2.46. The number of rotatable bonds is 5. The molecule has 0 spiro atoms. The monoisotopic (exact) mass is 264 g/mol. The molecule has 5 heteroatoms. The number of amides is 1. The van der Waals surface area contributed by atoms with E-state index in [9.17, 15) is 4.79 Å². The van der Waals surface area contributed by atoms with Gasteiger partial charge in [0.05, 0.1) is 6.04 Å². The van der Waals surface area contributed by atoms with E-state index < -0.39 is 0 Å². The van der Waals surface area contributed by atoms with Crippen LogP contribution in [-0.4, -0.2) is 46.7 Å². The number of H-pyrrole nitrogens is 1. The first kappa shape index (κ1) is 14.1. The van der Waals surface area contributed by atoms with Crippen molar-refractivity contribution < 1.29 is 4.79 Å². The second-order valence-corrected chi connectivity index (χ2v) is 5.25. The van der Waals surface area contributed by atoms with Crippen LogP contribution in [0.15, 0.2) is 12.3 Å². The summed E-state index contributed by atoms with van der Waals surface area (Å²) in [7, 11) is 0. The van der Waals surface area contributed by atoms with Gasteiger partial charge in [-0.2, -0.15) is 5.10 Å². The van der Waals surface area contributed by atoms with E-state index in [1.807, 2.05) is 13.0 Å². The Balaban J connectivity index is 1.72. The Hall–Kier alpha value is -1.36. The fraction of sp³-hybridized carbons (Fsp3) is 0.714. The highest BCUT2D eigenvalue weighted by Gasteiger charge is 2.21. The maximum Gasteiger partial charge on any atom is 0.237 e. The number of likely N-dealkylation sites (tertiary alicyclic amines) is 1. The molecule has 0 bridgehead atoms. The number of carbonyl (C=O) groups excluding carboxylic acids is 1. The Morgan fingerprint density at radius 2 is 2.16 bits per heavy atom. The van der Waals surface area contributed by atoms with Gasteiger partial charge in [-0.25, -0.2) is 0 Å². The summed E-state index contributed by atoms with van der Waals surface area (Å²) in [6.45, 7) is 4.78. The van der Waals surface area contributed by atoms with E-state index in [1.165, 1.54) is 25.7 Å². The number of hydrogen-bond donors (Lipinski definition) is 2. The first-order chi connectivity index (χ1) is 9.27. The number of hydrogen-bond acceptors (Lipinski definition) is 3. The lowest BCUT2D eigenvalue weighted by atomic mass is 10.2. The van der Waals surface area contributed by atoms with Crippen LogP contribution in [-0.2, 0) is 11.2 Å². The van der Waals surface area contributed by atoms with Gasteiger partial charge in [0.2, 0.25) is 5.91 Å². The molecule has 1 unspecified atom stereocenters. The minimum absolute atomic E-state index is 0.0140. The van der Waals surface area contributed by atoms with Crippen LogP contribution < -0.4 is 5.32 Å². The highest BCUT2D eigenvalue weighted by Crippen LogP contribution is 2.12. The van der Waals surface area contributed by atoms with Crippen molar-refractivity contribution in [3.63, 3.8) is 0 Å². The van der Waals surface area contributed by atoms with Gasteiger partial charge in [-0.05, 0) is 38.9 Å². The zero-order chi connectivity index (χ0) is 13.5. The zero-order valence-electron chi connectivity index (χ0n) is 11.7. The van der Waals surface area contributed by atoms with E-state index in [2.05, 4.69) is 20.4 Å². The number of nitrogens with zero attached hydrogens (tertiary/aromatic N) is 2. The van der Waals surface area contributed by atoms with Gasteiger partial charge in [0.1, 0.15) is 0 Å². The molecule has 2 N–H and O–H groups in total. The van der Waals surface area contributed by atoms with Crippen molar-refractivity contribution in [3.05, 3.63) is 18.0 Å². The molecule has 1 amide bonds. The van der Waals surface area contributed by atoms with Crippen LogP contribution in [0.2, 0.25) is 0 Å². The second-order valence-electron chi connectivity index (χ2n) is 5.25. The summed E-state index contributed by atoms with van der Waals surface area (Å²) in [5.41, 5.74) is 1.06. The molecule has 1 saturated heterocycles. The average molecular weight is 264 g/mol. The maximum absolute atomic E-state index is 12.1. The SMILES string of the molecule is CC(C(=O)NCCc1ccn[nH]1)N1CCCCCC1. The predicted octanol–water partition coefficient (Wildman–Crippen LogP) is 1.33. The van der Waals surface area contributed by atoms with Crippen LogP contribution in [0.5, 0.6) is 0 Å². The first-order valence-electron chi connectivity index (χ1n) is 7.27. The molecule has 1 aromatic heterocycles. The Morgan fingerprint density at radius 1 is 1.42 bits per heavy atom. The molecule has 1 aliphatic heterocycles. The highest BCUT2D eigenvalue weighted by molar-refractivity contribution is 5.81. The van der Waals surface area contributed by atoms with Crippen LogP contribution in [0.4, 0.5) is 0 Å². The standard InChI is InChI=1S/C14H24N4O/c1-12(18-10-4-2-3-5-11-18)14(19)15-8-6-13-7-9-16-17-13/h7,9,12H,2-6,8,10-11H2,1H3,(H,15,19)(H,16,17). The third kappa shape index (κ3) is 4.35. The van der Waals surface area contributed by atoms with Crippen LogP contribution in [0.25, 0.3) is 0 Å². The van der Waals surface area contributed by atoms with Gasteiger partial charge >= 0.3 is 0 Å². The van der Waals surface area contributed by atoms with Gasteiger partial charge in [-0.15, -0.1) is 0 Å². The Labute approximate surface area is 114 Å². The van der Waals surface area contributed by atoms with E-state index >= 15 is 0 Å².